The van der Waals surface area contributed by atoms with Crippen LogP contribution in [-0.4, -0.2) is 42.1 Å². The number of nitrogens with zero attached hydrogens (tertiary/aromatic N) is 5. The Morgan fingerprint density at radius 1 is 1.39 bits per heavy atom. The predicted octanol–water partition coefficient (Wildman–Crippen LogP) is 3.36. The zero-order valence-electron chi connectivity index (χ0n) is 18.2. The number of aromatic amines is 1. The van der Waals surface area contributed by atoms with Crippen molar-refractivity contribution in [1.82, 2.24) is 29.6 Å². The van der Waals surface area contributed by atoms with Crippen LogP contribution in [0.1, 0.15) is 19.2 Å². The van der Waals surface area contributed by atoms with Gasteiger partial charge in [-0.25, -0.2) is 14.6 Å². The van der Waals surface area contributed by atoms with Crippen LogP contribution in [0.25, 0.3) is 27.6 Å². The maximum atomic E-state index is 12.7. The first-order valence-corrected chi connectivity index (χ1v) is 10.7. The fraction of sp³-hybridized carbons (Fsp3) is 0.200. The number of H-pyrrole nitrogens is 1. The van der Waals surface area contributed by atoms with Crippen molar-refractivity contribution in [2.75, 3.05) is 12.3 Å². The molecule has 1 aliphatic heterocycles. The first-order valence-electron chi connectivity index (χ1n) is 10.7. The molecule has 0 aliphatic carbocycles. The second kappa shape index (κ2) is 8.28. The topological polar surface area (TPSA) is 106 Å². The Morgan fingerprint density at radius 2 is 2.27 bits per heavy atom. The van der Waals surface area contributed by atoms with Crippen LogP contribution in [0, 0.1) is 18.3 Å². The molecular weight excluding hydrogens is 414 g/mol. The van der Waals surface area contributed by atoms with Crippen molar-refractivity contribution in [3.63, 3.8) is 0 Å². The van der Waals surface area contributed by atoms with Crippen molar-refractivity contribution in [2.24, 2.45) is 5.92 Å². The Kier molecular flexibility index (Phi) is 5.15. The minimum atomic E-state index is 0.0914. The molecule has 8 nitrogen and oxygen atoms in total. The molecule has 1 saturated heterocycles. The van der Waals surface area contributed by atoms with Crippen molar-refractivity contribution >= 4 is 33.7 Å². The average Bonchev–Trinajstić information content (AvgIpc) is 3.55. The van der Waals surface area contributed by atoms with Gasteiger partial charge in [0.25, 0.3) is 0 Å². The Bertz CT molecular complexity index is 1450. The third-order valence-corrected chi connectivity index (χ3v) is 5.99. The summed E-state index contributed by atoms with van der Waals surface area (Å²) in [5.74, 6) is 3.76. The molecule has 4 aromatic rings. The van der Waals surface area contributed by atoms with Gasteiger partial charge in [-0.1, -0.05) is 18.1 Å². The smallest absolute Gasteiger partial charge is 0.223 e. The van der Waals surface area contributed by atoms with Gasteiger partial charge in [0.15, 0.2) is 0 Å². The molecule has 1 unspecified atom stereocenters. The zero-order chi connectivity index (χ0) is 22.9. The first kappa shape index (κ1) is 20.5. The van der Waals surface area contributed by atoms with E-state index in [1.807, 2.05) is 54.4 Å². The fourth-order valence-electron chi connectivity index (χ4n) is 4.38. The molecule has 3 aromatic heterocycles. The summed E-state index contributed by atoms with van der Waals surface area (Å²) in [4.78, 5) is 27.1. The molecule has 0 spiro atoms. The van der Waals surface area contributed by atoms with Crippen molar-refractivity contribution in [3.05, 3.63) is 66.3 Å². The molecule has 0 radical (unpaired) electrons. The molecule has 5 rings (SSSR count). The van der Waals surface area contributed by atoms with Crippen LogP contribution < -0.4 is 5.73 Å². The van der Waals surface area contributed by atoms with E-state index in [1.165, 1.54) is 0 Å². The highest BCUT2D eigenvalue weighted by Crippen LogP contribution is 2.30. The van der Waals surface area contributed by atoms with Gasteiger partial charge in [-0.2, -0.15) is 5.10 Å². The molecule has 0 bridgehead atoms. The van der Waals surface area contributed by atoms with Crippen LogP contribution in [0.4, 0.5) is 5.82 Å². The van der Waals surface area contributed by atoms with Gasteiger partial charge >= 0.3 is 0 Å². The molecule has 33 heavy (non-hydrogen) atoms. The van der Waals surface area contributed by atoms with Crippen LogP contribution in [0.15, 0.2) is 60.5 Å². The number of allylic oxidation sites excluding steroid dienone is 3. The predicted molar refractivity (Wildman–Crippen MR) is 128 cm³/mol. The highest BCUT2D eigenvalue weighted by Gasteiger charge is 2.31. The van der Waals surface area contributed by atoms with Crippen LogP contribution in [0.2, 0.25) is 0 Å². The van der Waals surface area contributed by atoms with E-state index < -0.39 is 0 Å². The van der Waals surface area contributed by atoms with Gasteiger partial charge in [-0.15, -0.1) is 6.42 Å². The number of hydrogen-bond donors (Lipinski definition) is 2. The highest BCUT2D eigenvalue weighted by molar-refractivity contribution is 6.06. The van der Waals surface area contributed by atoms with E-state index in [4.69, 9.17) is 17.1 Å². The maximum absolute atomic E-state index is 12.7. The number of nitrogens with two attached hydrogens (primary N) is 1. The number of likely N-dealkylation sites (tertiary alicyclic amines) is 1. The fourth-order valence-corrected chi connectivity index (χ4v) is 4.38. The van der Waals surface area contributed by atoms with Gasteiger partial charge in [0, 0.05) is 36.7 Å². The number of anilines is 1. The minimum Gasteiger partial charge on any atom is -0.382 e. The van der Waals surface area contributed by atoms with Gasteiger partial charge in [-0.05, 0) is 42.8 Å². The van der Waals surface area contributed by atoms with E-state index in [2.05, 4.69) is 21.0 Å². The van der Waals surface area contributed by atoms with Crippen molar-refractivity contribution < 1.29 is 4.79 Å². The minimum absolute atomic E-state index is 0.0914. The number of imidazole rings is 1. The van der Waals surface area contributed by atoms with E-state index in [0.29, 0.717) is 36.7 Å². The first-order chi connectivity index (χ1) is 16.1. The van der Waals surface area contributed by atoms with Gasteiger partial charge in [0.05, 0.1) is 17.7 Å². The number of terminal acetylenes is 1. The largest absolute Gasteiger partial charge is 0.382 e. The Balaban J connectivity index is 1.44. The number of aromatic nitrogens is 5. The summed E-state index contributed by atoms with van der Waals surface area (Å²) >= 11 is 0. The lowest BCUT2D eigenvalue weighted by Crippen LogP contribution is -2.25. The third kappa shape index (κ3) is 3.74. The number of nitrogens with one attached hydrogen (secondary N) is 1. The van der Waals surface area contributed by atoms with E-state index in [-0.39, 0.29) is 11.8 Å². The number of carbonyl (C=O) groups is 1. The molecule has 1 aliphatic rings. The van der Waals surface area contributed by atoms with Gasteiger partial charge in [0.2, 0.25) is 5.91 Å². The molecule has 1 amide bonds. The van der Waals surface area contributed by atoms with Crippen molar-refractivity contribution in [3.8, 4) is 18.0 Å². The molecule has 164 valence electrons. The quantitative estimate of drug-likeness (QED) is 0.368. The lowest BCUT2D eigenvalue weighted by atomic mass is 9.97. The molecule has 8 heteroatoms. The van der Waals surface area contributed by atoms with E-state index in [9.17, 15) is 4.79 Å². The van der Waals surface area contributed by atoms with Crippen LogP contribution in [0.5, 0.6) is 0 Å². The number of pyridine rings is 1. The monoisotopic (exact) mass is 437 g/mol. The Morgan fingerprint density at radius 3 is 3.03 bits per heavy atom. The highest BCUT2D eigenvalue weighted by atomic mass is 16.2. The molecule has 4 heterocycles. The lowest BCUT2D eigenvalue weighted by molar-refractivity contribution is -0.128. The van der Waals surface area contributed by atoms with Crippen molar-refractivity contribution in [2.45, 2.75) is 19.9 Å². The zero-order valence-corrected chi connectivity index (χ0v) is 18.2. The number of amides is 1. The average molecular weight is 438 g/mol. The summed E-state index contributed by atoms with van der Waals surface area (Å²) in [7, 11) is 0. The summed E-state index contributed by atoms with van der Waals surface area (Å²) in [5, 5.41) is 5.16. The third-order valence-electron chi connectivity index (χ3n) is 5.99. The number of nitrogen functional groups attached to an aromatic ring is 1. The van der Waals surface area contributed by atoms with Gasteiger partial charge in [0.1, 0.15) is 22.7 Å². The SMILES string of the molecule is C#C/C=C\C(=C/C)C1CC(=O)N(Cc2nc3c([nH]2)c(N)nc2cc(-n4cccn4)ccc23)C1. The van der Waals surface area contributed by atoms with Gasteiger partial charge < -0.3 is 15.6 Å². The summed E-state index contributed by atoms with van der Waals surface area (Å²) < 4.78 is 1.77. The van der Waals surface area contributed by atoms with E-state index in [1.54, 1.807) is 17.0 Å². The van der Waals surface area contributed by atoms with E-state index >= 15 is 0 Å². The second-order valence-corrected chi connectivity index (χ2v) is 8.02. The molecule has 1 atom stereocenters. The number of hydrogen-bond acceptors (Lipinski definition) is 5. The Labute approximate surface area is 190 Å². The Hall–Kier alpha value is -4.38. The molecule has 1 fully saturated rings. The van der Waals surface area contributed by atoms with Crippen LogP contribution >= 0.6 is 0 Å². The van der Waals surface area contributed by atoms with Crippen molar-refractivity contribution in [1.29, 1.82) is 0 Å². The lowest BCUT2D eigenvalue weighted by Gasteiger charge is -2.15. The number of carbonyl (C=O) groups excluding carboxylic acids is 1. The maximum Gasteiger partial charge on any atom is 0.223 e. The number of fused-ring (bicyclic) bond motifs is 3. The number of benzene rings is 1. The molecule has 0 saturated carbocycles. The van der Waals surface area contributed by atoms with E-state index in [0.717, 1.165) is 27.7 Å². The second-order valence-electron chi connectivity index (χ2n) is 8.02. The standard InChI is InChI=1S/C25H23N7O/c1-3-5-7-16(4-2)17-12-22(33)31(14-17)15-21-29-23-19-9-8-18(32-11-6-10-27-32)13-20(19)28-25(26)24(23)30-21/h1,4-11,13,17H,12,14-15H2,2H3,(H2,26,28)(H,29,30)/b7-5-,16-4+. The molecule has 1 aromatic carbocycles. The normalized spacial score (nSPS) is 17.0. The molecular formula is C25H23N7O. The van der Waals surface area contributed by atoms with Crippen LogP contribution in [-0.2, 0) is 11.3 Å². The van der Waals surface area contributed by atoms with Crippen LogP contribution in [0.3, 0.4) is 0 Å². The summed E-state index contributed by atoms with van der Waals surface area (Å²) in [6.07, 6.45) is 15.0. The summed E-state index contributed by atoms with van der Waals surface area (Å²) in [6.45, 7) is 2.96. The molecule has 3 N–H and O–H groups in total. The summed E-state index contributed by atoms with van der Waals surface area (Å²) in [5.41, 5.74) is 10.4. The van der Waals surface area contributed by atoms with Gasteiger partial charge in [-0.3, -0.25) is 4.79 Å². The number of rotatable bonds is 5. The summed E-state index contributed by atoms with van der Waals surface area (Å²) in [6, 6.07) is 7.74.